The van der Waals surface area contributed by atoms with Crippen molar-refractivity contribution in [3.63, 3.8) is 0 Å². The van der Waals surface area contributed by atoms with Crippen molar-refractivity contribution in [3.05, 3.63) is 65.5 Å². The molecule has 1 aromatic carbocycles. The molecule has 1 heterocycles. The molecule has 0 amide bonds. The summed E-state index contributed by atoms with van der Waals surface area (Å²) in [6, 6.07) is 14.5. The van der Waals surface area contributed by atoms with E-state index < -0.39 is 0 Å². The summed E-state index contributed by atoms with van der Waals surface area (Å²) in [4.78, 5) is 6.70. The minimum absolute atomic E-state index is 0.0410. The summed E-state index contributed by atoms with van der Waals surface area (Å²) in [6.07, 6.45) is 1.84. The Bertz CT molecular complexity index is 508. The average Bonchev–Trinajstić information content (AvgIpc) is 2.48. The van der Waals surface area contributed by atoms with E-state index in [4.69, 9.17) is 5.73 Å². The van der Waals surface area contributed by atoms with Crippen LogP contribution in [0.5, 0.6) is 0 Å². The first-order valence-corrected chi connectivity index (χ1v) is 7.13. The smallest absolute Gasteiger partial charge is 0.0543 e. The molecule has 20 heavy (non-hydrogen) atoms. The molecule has 0 fully saturated rings. The Morgan fingerprint density at radius 3 is 2.50 bits per heavy atom. The van der Waals surface area contributed by atoms with Crippen molar-refractivity contribution >= 4 is 0 Å². The number of nitrogens with zero attached hydrogens (tertiary/aromatic N) is 2. The third-order valence-electron chi connectivity index (χ3n) is 3.52. The lowest BCUT2D eigenvalue weighted by molar-refractivity contribution is 0.259. The van der Waals surface area contributed by atoms with E-state index in [1.165, 1.54) is 11.1 Å². The van der Waals surface area contributed by atoms with Gasteiger partial charge in [-0.15, -0.1) is 0 Å². The molecule has 1 atom stereocenters. The van der Waals surface area contributed by atoms with Crippen LogP contribution < -0.4 is 5.73 Å². The van der Waals surface area contributed by atoms with Gasteiger partial charge in [0.2, 0.25) is 0 Å². The number of hydrogen-bond acceptors (Lipinski definition) is 3. The van der Waals surface area contributed by atoms with Gasteiger partial charge in [0.25, 0.3) is 0 Å². The maximum atomic E-state index is 6.31. The predicted octanol–water partition coefficient (Wildman–Crippen LogP) is 2.91. The number of aryl methyl sites for hydroxylation is 1. The van der Waals surface area contributed by atoms with Gasteiger partial charge in [0.1, 0.15) is 0 Å². The fraction of sp³-hybridized carbons (Fsp3) is 0.353. The van der Waals surface area contributed by atoms with Crippen molar-refractivity contribution in [2.75, 3.05) is 13.1 Å². The van der Waals surface area contributed by atoms with Gasteiger partial charge in [-0.2, -0.15) is 0 Å². The number of pyridine rings is 1. The molecule has 2 aromatic rings. The van der Waals surface area contributed by atoms with Gasteiger partial charge in [-0.1, -0.05) is 42.8 Å². The Balaban J connectivity index is 1.97. The van der Waals surface area contributed by atoms with E-state index >= 15 is 0 Å². The third kappa shape index (κ3) is 4.15. The molecule has 0 saturated heterocycles. The minimum atomic E-state index is 0.0410. The summed E-state index contributed by atoms with van der Waals surface area (Å²) >= 11 is 0. The molecule has 3 heteroatoms. The van der Waals surface area contributed by atoms with Crippen LogP contribution in [0.15, 0.2) is 48.7 Å². The average molecular weight is 269 g/mol. The molecule has 0 radical (unpaired) electrons. The highest BCUT2D eigenvalue weighted by atomic mass is 15.1. The summed E-state index contributed by atoms with van der Waals surface area (Å²) in [5, 5.41) is 0. The Kier molecular flexibility index (Phi) is 5.27. The Morgan fingerprint density at radius 1 is 1.15 bits per heavy atom. The highest BCUT2D eigenvalue weighted by molar-refractivity contribution is 5.24. The zero-order valence-electron chi connectivity index (χ0n) is 12.3. The summed E-state index contributed by atoms with van der Waals surface area (Å²) in [7, 11) is 0. The zero-order chi connectivity index (χ0) is 14.4. The van der Waals surface area contributed by atoms with Crippen LogP contribution in [0.25, 0.3) is 0 Å². The first kappa shape index (κ1) is 14.7. The monoisotopic (exact) mass is 269 g/mol. The van der Waals surface area contributed by atoms with E-state index in [2.05, 4.69) is 54.1 Å². The normalized spacial score (nSPS) is 12.6. The zero-order valence-corrected chi connectivity index (χ0v) is 12.3. The Morgan fingerprint density at radius 2 is 1.90 bits per heavy atom. The lowest BCUT2D eigenvalue weighted by Crippen LogP contribution is -2.32. The second-order valence-electron chi connectivity index (χ2n) is 5.17. The van der Waals surface area contributed by atoms with Gasteiger partial charge < -0.3 is 5.73 Å². The van der Waals surface area contributed by atoms with Crippen molar-refractivity contribution in [3.8, 4) is 0 Å². The van der Waals surface area contributed by atoms with E-state index in [1.54, 1.807) is 0 Å². The van der Waals surface area contributed by atoms with Gasteiger partial charge >= 0.3 is 0 Å². The van der Waals surface area contributed by atoms with Gasteiger partial charge in [-0.3, -0.25) is 9.88 Å². The molecule has 2 rings (SSSR count). The number of hydrogen-bond donors (Lipinski definition) is 1. The molecule has 0 bridgehead atoms. The highest BCUT2D eigenvalue weighted by Crippen LogP contribution is 2.14. The topological polar surface area (TPSA) is 42.2 Å². The SMILES string of the molecule is CCN(Cc1ccccn1)CC(N)c1ccc(C)cc1. The quantitative estimate of drug-likeness (QED) is 0.876. The van der Waals surface area contributed by atoms with Crippen LogP contribution in [0.3, 0.4) is 0 Å². The van der Waals surface area contributed by atoms with Crippen molar-refractivity contribution in [1.29, 1.82) is 0 Å². The van der Waals surface area contributed by atoms with Gasteiger partial charge in [-0.05, 0) is 31.2 Å². The third-order valence-corrected chi connectivity index (χ3v) is 3.52. The highest BCUT2D eigenvalue weighted by Gasteiger charge is 2.11. The summed E-state index contributed by atoms with van der Waals surface area (Å²) in [5.74, 6) is 0. The molecule has 0 aliphatic heterocycles. The van der Waals surface area contributed by atoms with Crippen LogP contribution in [0.2, 0.25) is 0 Å². The minimum Gasteiger partial charge on any atom is -0.323 e. The van der Waals surface area contributed by atoms with E-state index in [0.29, 0.717) is 0 Å². The molecule has 0 saturated carbocycles. The molecule has 3 nitrogen and oxygen atoms in total. The van der Waals surface area contributed by atoms with Crippen LogP contribution >= 0.6 is 0 Å². The Labute approximate surface area is 121 Å². The second-order valence-corrected chi connectivity index (χ2v) is 5.17. The fourth-order valence-electron chi connectivity index (χ4n) is 2.22. The standard InChI is InChI=1S/C17H23N3/c1-3-20(12-16-6-4-5-11-19-16)13-17(18)15-9-7-14(2)8-10-15/h4-11,17H,3,12-13,18H2,1-2H3. The van der Waals surface area contributed by atoms with Gasteiger partial charge in [0, 0.05) is 25.3 Å². The predicted molar refractivity (Wildman–Crippen MR) is 83.3 cm³/mol. The van der Waals surface area contributed by atoms with Gasteiger partial charge in [0.05, 0.1) is 5.69 Å². The number of likely N-dealkylation sites (N-methyl/N-ethyl adjacent to an activating group) is 1. The maximum absolute atomic E-state index is 6.31. The molecule has 106 valence electrons. The van der Waals surface area contributed by atoms with Crippen molar-refractivity contribution in [1.82, 2.24) is 9.88 Å². The summed E-state index contributed by atoms with van der Waals surface area (Å²) in [6.45, 7) is 6.91. The molecular weight excluding hydrogens is 246 g/mol. The number of rotatable bonds is 6. The Hall–Kier alpha value is -1.71. The largest absolute Gasteiger partial charge is 0.323 e. The molecule has 0 aliphatic rings. The maximum Gasteiger partial charge on any atom is 0.0543 e. The van der Waals surface area contributed by atoms with Crippen molar-refractivity contribution in [2.24, 2.45) is 5.73 Å². The van der Waals surface area contributed by atoms with Crippen LogP contribution in [0.1, 0.15) is 29.8 Å². The molecule has 2 N–H and O–H groups in total. The number of aromatic nitrogens is 1. The second kappa shape index (κ2) is 7.17. The first-order chi connectivity index (χ1) is 9.69. The van der Waals surface area contributed by atoms with Crippen molar-refractivity contribution in [2.45, 2.75) is 26.4 Å². The molecule has 1 aromatic heterocycles. The van der Waals surface area contributed by atoms with E-state index in [9.17, 15) is 0 Å². The summed E-state index contributed by atoms with van der Waals surface area (Å²) < 4.78 is 0. The van der Waals surface area contributed by atoms with Crippen LogP contribution in [-0.2, 0) is 6.54 Å². The lowest BCUT2D eigenvalue weighted by Gasteiger charge is -2.24. The summed E-state index contributed by atoms with van der Waals surface area (Å²) in [5.41, 5.74) is 9.86. The molecule has 0 spiro atoms. The van der Waals surface area contributed by atoms with Gasteiger partial charge in [0.15, 0.2) is 0 Å². The lowest BCUT2D eigenvalue weighted by atomic mass is 10.1. The van der Waals surface area contributed by atoms with Crippen LogP contribution in [-0.4, -0.2) is 23.0 Å². The molecular formula is C17H23N3. The van der Waals surface area contributed by atoms with E-state index in [-0.39, 0.29) is 6.04 Å². The number of nitrogens with two attached hydrogens (primary N) is 1. The van der Waals surface area contributed by atoms with Crippen LogP contribution in [0.4, 0.5) is 0 Å². The van der Waals surface area contributed by atoms with Crippen molar-refractivity contribution < 1.29 is 0 Å². The first-order valence-electron chi connectivity index (χ1n) is 7.13. The van der Waals surface area contributed by atoms with E-state index in [0.717, 1.165) is 25.3 Å². The molecule has 0 aliphatic carbocycles. The molecule has 1 unspecified atom stereocenters. The number of benzene rings is 1. The van der Waals surface area contributed by atoms with E-state index in [1.807, 2.05) is 18.3 Å². The van der Waals surface area contributed by atoms with Crippen LogP contribution in [0, 0.1) is 6.92 Å². The fourth-order valence-corrected chi connectivity index (χ4v) is 2.22. The van der Waals surface area contributed by atoms with Gasteiger partial charge in [-0.25, -0.2) is 0 Å².